The SMILES string of the molecule is O=C(CSc1ccc(Cl)cc1)Nc1cc(-c2nc3ccccc3s2)c(Cl)cc1Cl. The Morgan fingerprint density at radius 2 is 1.76 bits per heavy atom. The van der Waals surface area contributed by atoms with Crippen LogP contribution in [0.4, 0.5) is 5.69 Å². The van der Waals surface area contributed by atoms with Crippen molar-refractivity contribution in [2.75, 3.05) is 11.1 Å². The van der Waals surface area contributed by atoms with Gasteiger partial charge in [0.25, 0.3) is 0 Å². The van der Waals surface area contributed by atoms with Crippen molar-refractivity contribution >= 4 is 79.7 Å². The third-order valence-electron chi connectivity index (χ3n) is 4.04. The van der Waals surface area contributed by atoms with Crippen LogP contribution in [-0.4, -0.2) is 16.6 Å². The lowest BCUT2D eigenvalue weighted by Gasteiger charge is -2.10. The second-order valence-corrected chi connectivity index (χ2v) is 9.42. The number of anilines is 1. The van der Waals surface area contributed by atoms with Gasteiger partial charge in [-0.2, -0.15) is 0 Å². The summed E-state index contributed by atoms with van der Waals surface area (Å²) in [6.07, 6.45) is 0. The molecule has 0 fully saturated rings. The number of benzene rings is 3. The molecule has 0 aliphatic rings. The Bertz CT molecular complexity index is 1160. The predicted octanol–water partition coefficient (Wildman–Crippen LogP) is 7.65. The lowest BCUT2D eigenvalue weighted by atomic mass is 10.2. The number of para-hydroxylation sites is 1. The van der Waals surface area contributed by atoms with E-state index in [-0.39, 0.29) is 11.7 Å². The Kier molecular flexibility index (Phi) is 6.32. The second kappa shape index (κ2) is 8.94. The summed E-state index contributed by atoms with van der Waals surface area (Å²) in [5.41, 5.74) is 2.15. The van der Waals surface area contributed by atoms with Crippen molar-refractivity contribution in [1.29, 1.82) is 0 Å². The molecule has 0 aliphatic carbocycles. The largest absolute Gasteiger partial charge is 0.324 e. The Hall–Kier alpha value is -1.76. The number of aromatic nitrogens is 1. The number of fused-ring (bicyclic) bond motifs is 1. The van der Waals surface area contributed by atoms with Crippen molar-refractivity contribution in [2.24, 2.45) is 0 Å². The molecular weight excluding hydrogens is 467 g/mol. The van der Waals surface area contributed by atoms with Gasteiger partial charge in [0, 0.05) is 15.5 Å². The van der Waals surface area contributed by atoms with Gasteiger partial charge in [-0.3, -0.25) is 4.79 Å². The molecule has 0 saturated heterocycles. The average Bonchev–Trinajstić information content (AvgIpc) is 3.13. The monoisotopic (exact) mass is 478 g/mol. The molecule has 0 unspecified atom stereocenters. The highest BCUT2D eigenvalue weighted by Gasteiger charge is 2.15. The summed E-state index contributed by atoms with van der Waals surface area (Å²) in [5.74, 6) is 0.0845. The quantitative estimate of drug-likeness (QED) is 0.299. The lowest BCUT2D eigenvalue weighted by Crippen LogP contribution is -2.14. The number of thioether (sulfide) groups is 1. The Morgan fingerprint density at radius 1 is 1.00 bits per heavy atom. The molecule has 1 amide bonds. The van der Waals surface area contributed by atoms with Crippen LogP contribution >= 0.6 is 57.9 Å². The zero-order chi connectivity index (χ0) is 20.4. The van der Waals surface area contributed by atoms with Crippen LogP contribution in [-0.2, 0) is 4.79 Å². The number of nitrogens with one attached hydrogen (secondary N) is 1. The number of halogens is 3. The summed E-state index contributed by atoms with van der Waals surface area (Å²) in [6.45, 7) is 0. The Morgan fingerprint density at radius 3 is 2.52 bits per heavy atom. The van der Waals surface area contributed by atoms with Crippen LogP contribution in [0, 0.1) is 0 Å². The van der Waals surface area contributed by atoms with Gasteiger partial charge >= 0.3 is 0 Å². The first-order valence-electron chi connectivity index (χ1n) is 8.53. The first-order chi connectivity index (χ1) is 14.0. The number of carbonyl (C=O) groups excluding carboxylic acids is 1. The fourth-order valence-corrected chi connectivity index (χ4v) is 5.06. The second-order valence-electron chi connectivity index (χ2n) is 6.09. The number of thiazole rings is 1. The molecule has 1 aromatic heterocycles. The first-order valence-corrected chi connectivity index (χ1v) is 11.5. The van der Waals surface area contributed by atoms with Gasteiger partial charge in [-0.05, 0) is 48.5 Å². The van der Waals surface area contributed by atoms with E-state index in [0.717, 1.165) is 25.7 Å². The topological polar surface area (TPSA) is 42.0 Å². The minimum absolute atomic E-state index is 0.163. The highest BCUT2D eigenvalue weighted by Crippen LogP contribution is 2.39. The maximum atomic E-state index is 12.4. The summed E-state index contributed by atoms with van der Waals surface area (Å²) in [6, 6.07) is 18.6. The number of hydrogen-bond donors (Lipinski definition) is 1. The highest BCUT2D eigenvalue weighted by molar-refractivity contribution is 8.00. The van der Waals surface area contributed by atoms with E-state index >= 15 is 0 Å². The zero-order valence-electron chi connectivity index (χ0n) is 14.8. The maximum absolute atomic E-state index is 12.4. The summed E-state index contributed by atoms with van der Waals surface area (Å²) >= 11 is 21.6. The van der Waals surface area contributed by atoms with Crippen molar-refractivity contribution in [3.8, 4) is 10.6 Å². The molecule has 3 aromatic carbocycles. The van der Waals surface area contributed by atoms with Crippen LogP contribution in [0.1, 0.15) is 0 Å². The Labute approximate surface area is 191 Å². The van der Waals surface area contributed by atoms with E-state index in [1.807, 2.05) is 36.4 Å². The minimum atomic E-state index is -0.163. The molecule has 0 saturated carbocycles. The fraction of sp³-hybridized carbons (Fsp3) is 0.0476. The van der Waals surface area contributed by atoms with E-state index in [4.69, 9.17) is 34.8 Å². The van der Waals surface area contributed by atoms with Crippen LogP contribution in [0.2, 0.25) is 15.1 Å². The molecule has 29 heavy (non-hydrogen) atoms. The molecule has 3 nitrogen and oxygen atoms in total. The minimum Gasteiger partial charge on any atom is -0.324 e. The Balaban J connectivity index is 1.53. The zero-order valence-corrected chi connectivity index (χ0v) is 18.7. The van der Waals surface area contributed by atoms with E-state index in [9.17, 15) is 4.79 Å². The van der Waals surface area contributed by atoms with Crippen molar-refractivity contribution < 1.29 is 4.79 Å². The van der Waals surface area contributed by atoms with Gasteiger partial charge in [-0.15, -0.1) is 23.1 Å². The fourth-order valence-electron chi connectivity index (χ4n) is 2.66. The van der Waals surface area contributed by atoms with Gasteiger partial charge in [0.05, 0.1) is 31.7 Å². The summed E-state index contributed by atoms with van der Waals surface area (Å²) < 4.78 is 1.07. The standard InChI is InChI=1S/C21H13Cl3N2OS2/c22-12-5-7-13(8-6-12)28-11-20(27)25-18-9-14(15(23)10-16(18)24)21-26-17-3-1-2-4-19(17)29-21/h1-10H,11H2,(H,25,27). The van der Waals surface area contributed by atoms with Crippen LogP contribution in [0.5, 0.6) is 0 Å². The average molecular weight is 480 g/mol. The van der Waals surface area contributed by atoms with E-state index < -0.39 is 0 Å². The van der Waals surface area contributed by atoms with Crippen LogP contribution in [0.15, 0.2) is 65.6 Å². The molecule has 1 heterocycles. The first kappa shape index (κ1) is 20.5. The van der Waals surface area contributed by atoms with Crippen molar-refractivity contribution in [1.82, 2.24) is 4.98 Å². The smallest absolute Gasteiger partial charge is 0.234 e. The third kappa shape index (κ3) is 4.87. The molecule has 146 valence electrons. The summed E-state index contributed by atoms with van der Waals surface area (Å²) in [4.78, 5) is 18.0. The molecule has 0 spiro atoms. The molecule has 4 aromatic rings. The van der Waals surface area contributed by atoms with Crippen molar-refractivity contribution in [2.45, 2.75) is 4.90 Å². The third-order valence-corrected chi connectivity index (χ3v) is 7.00. The molecule has 0 bridgehead atoms. The molecule has 0 atom stereocenters. The number of rotatable bonds is 5. The molecule has 0 radical (unpaired) electrons. The van der Waals surface area contributed by atoms with Gasteiger partial charge < -0.3 is 5.32 Å². The molecule has 1 N–H and O–H groups in total. The van der Waals surface area contributed by atoms with Gasteiger partial charge in [-0.25, -0.2) is 4.98 Å². The molecule has 4 rings (SSSR count). The van der Waals surface area contributed by atoms with Crippen LogP contribution in [0.3, 0.4) is 0 Å². The van der Waals surface area contributed by atoms with E-state index in [2.05, 4.69) is 10.3 Å². The maximum Gasteiger partial charge on any atom is 0.234 e. The number of hydrogen-bond acceptors (Lipinski definition) is 4. The lowest BCUT2D eigenvalue weighted by molar-refractivity contribution is -0.113. The highest BCUT2D eigenvalue weighted by atomic mass is 35.5. The van der Waals surface area contributed by atoms with Crippen molar-refractivity contribution in [3.63, 3.8) is 0 Å². The molecular formula is C21H13Cl3N2OS2. The number of nitrogens with zero attached hydrogens (tertiary/aromatic N) is 1. The summed E-state index contributed by atoms with van der Waals surface area (Å²) in [5, 5.41) is 5.17. The molecule has 0 aliphatic heterocycles. The van der Waals surface area contributed by atoms with Gasteiger partial charge in [0.2, 0.25) is 5.91 Å². The van der Waals surface area contributed by atoms with Gasteiger partial charge in [0.1, 0.15) is 5.01 Å². The summed E-state index contributed by atoms with van der Waals surface area (Å²) in [7, 11) is 0. The predicted molar refractivity (Wildman–Crippen MR) is 126 cm³/mol. The van der Waals surface area contributed by atoms with Gasteiger partial charge in [0.15, 0.2) is 0 Å². The van der Waals surface area contributed by atoms with E-state index in [1.165, 1.54) is 11.8 Å². The number of amides is 1. The normalized spacial score (nSPS) is 11.0. The van der Waals surface area contributed by atoms with Crippen molar-refractivity contribution in [3.05, 3.63) is 75.7 Å². The van der Waals surface area contributed by atoms with Crippen LogP contribution in [0.25, 0.3) is 20.8 Å². The van der Waals surface area contributed by atoms with Crippen LogP contribution < -0.4 is 5.32 Å². The number of carbonyl (C=O) groups is 1. The molecule has 8 heteroatoms. The van der Waals surface area contributed by atoms with E-state index in [0.29, 0.717) is 20.8 Å². The van der Waals surface area contributed by atoms with E-state index in [1.54, 1.807) is 35.6 Å². The van der Waals surface area contributed by atoms with Gasteiger partial charge in [-0.1, -0.05) is 46.9 Å².